The summed E-state index contributed by atoms with van der Waals surface area (Å²) in [7, 11) is 0. The van der Waals surface area contributed by atoms with Crippen LogP contribution in [0.1, 0.15) is 26.2 Å². The lowest BCUT2D eigenvalue weighted by atomic mass is 10.1. The van der Waals surface area contributed by atoms with Gasteiger partial charge in [-0.15, -0.1) is 0 Å². The zero-order valence-electron chi connectivity index (χ0n) is 9.65. The van der Waals surface area contributed by atoms with Gasteiger partial charge >= 0.3 is 5.69 Å². The van der Waals surface area contributed by atoms with Gasteiger partial charge in [0, 0.05) is 17.8 Å². The van der Waals surface area contributed by atoms with Gasteiger partial charge in [-0.2, -0.15) is 4.39 Å². The molecule has 1 aromatic rings. The molecule has 0 amide bonds. The molecule has 1 saturated carbocycles. The van der Waals surface area contributed by atoms with Gasteiger partial charge in [-0.3, -0.25) is 10.1 Å². The number of benzene rings is 1. The van der Waals surface area contributed by atoms with Crippen molar-refractivity contribution in [2.24, 2.45) is 5.92 Å². The van der Waals surface area contributed by atoms with Crippen LogP contribution in [0.15, 0.2) is 18.2 Å². The van der Waals surface area contributed by atoms with Gasteiger partial charge in [0.2, 0.25) is 5.82 Å². The normalized spacial score (nSPS) is 16.6. The first-order chi connectivity index (χ1) is 8.11. The highest BCUT2D eigenvalue weighted by Gasteiger charge is 2.30. The van der Waals surface area contributed by atoms with Gasteiger partial charge in [0.15, 0.2) is 0 Å². The van der Waals surface area contributed by atoms with Crippen LogP contribution in [0.5, 0.6) is 0 Å². The second-order valence-corrected chi connectivity index (χ2v) is 4.42. The van der Waals surface area contributed by atoms with Gasteiger partial charge in [0.25, 0.3) is 0 Å². The second-order valence-electron chi connectivity index (χ2n) is 4.42. The van der Waals surface area contributed by atoms with Crippen molar-refractivity contribution in [1.29, 1.82) is 0 Å². The number of nitrogens with zero attached hydrogens (tertiary/aromatic N) is 1. The van der Waals surface area contributed by atoms with Crippen molar-refractivity contribution in [3.8, 4) is 0 Å². The smallest absolute Gasteiger partial charge is 0.306 e. The molecule has 1 fully saturated rings. The number of hydrogen-bond donors (Lipinski definition) is 1. The Labute approximate surface area is 99.0 Å². The van der Waals surface area contributed by atoms with Crippen molar-refractivity contribution in [3.05, 3.63) is 34.1 Å². The van der Waals surface area contributed by atoms with E-state index in [0.29, 0.717) is 17.6 Å². The van der Waals surface area contributed by atoms with Crippen molar-refractivity contribution in [1.82, 2.24) is 0 Å². The Balaban J connectivity index is 2.15. The molecule has 1 unspecified atom stereocenters. The summed E-state index contributed by atoms with van der Waals surface area (Å²) in [5, 5.41) is 13.9. The third-order valence-corrected chi connectivity index (χ3v) is 3.13. The maximum Gasteiger partial charge on any atom is 0.306 e. The number of nitrogens with one attached hydrogen (secondary N) is 1. The Hall–Kier alpha value is -1.65. The maximum absolute atomic E-state index is 13.1. The minimum Gasteiger partial charge on any atom is -0.382 e. The van der Waals surface area contributed by atoms with E-state index < -0.39 is 16.4 Å². The van der Waals surface area contributed by atoms with Crippen LogP contribution in [0.3, 0.4) is 0 Å². The number of anilines is 1. The first-order valence-corrected chi connectivity index (χ1v) is 5.82. The second kappa shape index (κ2) is 4.69. The first kappa shape index (κ1) is 11.8. The van der Waals surface area contributed by atoms with Crippen LogP contribution in [0.4, 0.5) is 15.8 Å². The fourth-order valence-corrected chi connectivity index (χ4v) is 2.01. The lowest BCUT2D eigenvalue weighted by Gasteiger charge is -2.17. The van der Waals surface area contributed by atoms with Crippen LogP contribution in [-0.2, 0) is 0 Å². The molecule has 2 rings (SSSR count). The van der Waals surface area contributed by atoms with Crippen LogP contribution in [-0.4, -0.2) is 11.0 Å². The van der Waals surface area contributed by atoms with Crippen LogP contribution in [0, 0.1) is 21.8 Å². The molecule has 1 N–H and O–H groups in total. The van der Waals surface area contributed by atoms with Crippen molar-refractivity contribution >= 4 is 11.4 Å². The molecule has 0 heterocycles. The fraction of sp³-hybridized carbons (Fsp3) is 0.500. The molecule has 0 aromatic heterocycles. The molecule has 1 aromatic carbocycles. The predicted octanol–water partition coefficient (Wildman–Crippen LogP) is 3.33. The van der Waals surface area contributed by atoms with Crippen LogP contribution in [0.2, 0.25) is 0 Å². The van der Waals surface area contributed by atoms with Crippen molar-refractivity contribution < 1.29 is 9.31 Å². The number of hydrogen-bond acceptors (Lipinski definition) is 3. The molecule has 0 aliphatic heterocycles. The van der Waals surface area contributed by atoms with E-state index in [9.17, 15) is 14.5 Å². The minimum atomic E-state index is -0.792. The van der Waals surface area contributed by atoms with Crippen molar-refractivity contribution in [2.45, 2.75) is 32.2 Å². The summed E-state index contributed by atoms with van der Waals surface area (Å²) in [5.74, 6) is -0.135. The van der Waals surface area contributed by atoms with E-state index in [2.05, 4.69) is 12.2 Å². The average molecular weight is 238 g/mol. The molecule has 92 valence electrons. The predicted molar refractivity (Wildman–Crippen MR) is 63.5 cm³/mol. The van der Waals surface area contributed by atoms with Crippen LogP contribution in [0.25, 0.3) is 0 Å². The molecular formula is C12H15FN2O2. The molecule has 1 aliphatic rings. The number of halogens is 1. The topological polar surface area (TPSA) is 55.2 Å². The van der Waals surface area contributed by atoms with Crippen molar-refractivity contribution in [2.75, 3.05) is 5.32 Å². The molecule has 1 atom stereocenters. The maximum atomic E-state index is 13.1. The van der Waals surface area contributed by atoms with E-state index in [1.54, 1.807) is 6.07 Å². The lowest BCUT2D eigenvalue weighted by molar-refractivity contribution is -0.387. The molecule has 17 heavy (non-hydrogen) atoms. The molecule has 0 radical (unpaired) electrons. The van der Waals surface area contributed by atoms with E-state index in [1.165, 1.54) is 18.9 Å². The van der Waals surface area contributed by atoms with E-state index in [-0.39, 0.29) is 0 Å². The van der Waals surface area contributed by atoms with Gasteiger partial charge < -0.3 is 5.32 Å². The Kier molecular flexibility index (Phi) is 3.26. The summed E-state index contributed by atoms with van der Waals surface area (Å²) < 4.78 is 13.1. The summed E-state index contributed by atoms with van der Waals surface area (Å²) in [6.07, 6.45) is 3.37. The van der Waals surface area contributed by atoms with Gasteiger partial charge in [-0.25, -0.2) is 0 Å². The zero-order chi connectivity index (χ0) is 12.4. The molecule has 0 bridgehead atoms. The molecule has 1 aliphatic carbocycles. The largest absolute Gasteiger partial charge is 0.382 e. The van der Waals surface area contributed by atoms with Gasteiger partial charge in [0.1, 0.15) is 0 Å². The summed E-state index contributed by atoms with van der Waals surface area (Å²) >= 11 is 0. The fourth-order valence-electron chi connectivity index (χ4n) is 2.01. The number of nitro groups is 1. The van der Waals surface area contributed by atoms with Gasteiger partial charge in [-0.1, -0.05) is 6.92 Å². The highest BCUT2D eigenvalue weighted by molar-refractivity contribution is 5.52. The van der Waals surface area contributed by atoms with Crippen molar-refractivity contribution in [3.63, 3.8) is 0 Å². The molecule has 4 nitrogen and oxygen atoms in total. The van der Waals surface area contributed by atoms with E-state index in [0.717, 1.165) is 12.5 Å². The third-order valence-electron chi connectivity index (χ3n) is 3.13. The van der Waals surface area contributed by atoms with E-state index in [4.69, 9.17) is 0 Å². The van der Waals surface area contributed by atoms with Gasteiger partial charge in [-0.05, 0) is 37.3 Å². The highest BCUT2D eigenvalue weighted by Crippen LogP contribution is 2.36. The summed E-state index contributed by atoms with van der Waals surface area (Å²) in [6.45, 7) is 2.08. The number of nitro benzene ring substituents is 1. The molecular weight excluding hydrogens is 223 g/mol. The Morgan fingerprint density at radius 3 is 2.82 bits per heavy atom. The standard InChI is InChI=1S/C12H15FN2O2/c1-2-11(8-3-4-8)14-9-5-6-10(13)12(7-9)15(16)17/h5-8,11,14H,2-4H2,1H3. The van der Waals surface area contributed by atoms with Gasteiger partial charge in [0.05, 0.1) is 4.92 Å². The molecule has 5 heteroatoms. The molecule has 0 saturated heterocycles. The average Bonchev–Trinajstić information content (AvgIpc) is 3.11. The summed E-state index contributed by atoms with van der Waals surface area (Å²) in [5.41, 5.74) is 0.150. The SMILES string of the molecule is CCC(Nc1ccc(F)c([N+](=O)[O-])c1)C1CC1. The number of rotatable bonds is 5. The Bertz CT molecular complexity index is 433. The summed E-state index contributed by atoms with van der Waals surface area (Å²) in [4.78, 5) is 9.92. The Morgan fingerprint density at radius 1 is 1.59 bits per heavy atom. The van der Waals surface area contributed by atoms with E-state index >= 15 is 0 Å². The Morgan fingerprint density at radius 2 is 2.29 bits per heavy atom. The van der Waals surface area contributed by atoms with Crippen LogP contribution >= 0.6 is 0 Å². The lowest BCUT2D eigenvalue weighted by Crippen LogP contribution is -2.20. The zero-order valence-corrected chi connectivity index (χ0v) is 9.65. The first-order valence-electron chi connectivity index (χ1n) is 5.82. The highest BCUT2D eigenvalue weighted by atomic mass is 19.1. The quantitative estimate of drug-likeness (QED) is 0.632. The van der Waals surface area contributed by atoms with E-state index in [1.807, 2.05) is 0 Å². The minimum absolute atomic E-state index is 0.333. The van der Waals surface area contributed by atoms with Crippen LogP contribution < -0.4 is 5.32 Å². The summed E-state index contributed by atoms with van der Waals surface area (Å²) in [6, 6.07) is 4.29. The molecule has 0 spiro atoms. The third kappa shape index (κ3) is 2.72. The monoisotopic (exact) mass is 238 g/mol.